The SMILES string of the molecule is CN(CSCCC(=O)O)N=Nc1cccnc1. The molecule has 17 heavy (non-hydrogen) atoms. The largest absolute Gasteiger partial charge is 0.481 e. The standard InChI is InChI=1S/C10H14N4O2S/c1-14(8-17-6-4-10(15)16)13-12-9-3-2-5-11-7-9/h2-3,5,7H,4,6,8H2,1H3,(H,15,16). The Hall–Kier alpha value is -1.63. The van der Waals surface area contributed by atoms with Crippen molar-refractivity contribution in [2.45, 2.75) is 6.42 Å². The zero-order valence-electron chi connectivity index (χ0n) is 9.48. The normalized spacial score (nSPS) is 10.6. The zero-order valence-corrected chi connectivity index (χ0v) is 10.3. The molecule has 1 aromatic rings. The van der Waals surface area contributed by atoms with Crippen LogP contribution in [0.2, 0.25) is 0 Å². The fourth-order valence-corrected chi connectivity index (χ4v) is 1.69. The Morgan fingerprint density at radius 2 is 2.47 bits per heavy atom. The number of carboxylic acids is 1. The summed E-state index contributed by atoms with van der Waals surface area (Å²) in [6.45, 7) is 0. The molecule has 1 aromatic heterocycles. The van der Waals surface area contributed by atoms with Crippen LogP contribution in [-0.2, 0) is 4.79 Å². The van der Waals surface area contributed by atoms with E-state index in [1.807, 2.05) is 6.07 Å². The average molecular weight is 254 g/mol. The van der Waals surface area contributed by atoms with E-state index in [0.717, 1.165) is 0 Å². The van der Waals surface area contributed by atoms with Gasteiger partial charge in [-0.1, -0.05) is 5.22 Å². The second-order valence-corrected chi connectivity index (χ2v) is 4.31. The van der Waals surface area contributed by atoms with Gasteiger partial charge in [-0.25, -0.2) is 0 Å². The molecule has 0 aromatic carbocycles. The highest BCUT2D eigenvalue weighted by atomic mass is 32.2. The van der Waals surface area contributed by atoms with Crippen molar-refractivity contribution < 1.29 is 9.90 Å². The molecule has 0 fully saturated rings. The number of aromatic nitrogens is 1. The van der Waals surface area contributed by atoms with Crippen LogP contribution >= 0.6 is 11.8 Å². The molecule has 0 aliphatic carbocycles. The molecule has 0 saturated carbocycles. The van der Waals surface area contributed by atoms with Gasteiger partial charge in [0.15, 0.2) is 0 Å². The summed E-state index contributed by atoms with van der Waals surface area (Å²) >= 11 is 1.50. The molecular weight excluding hydrogens is 240 g/mol. The summed E-state index contributed by atoms with van der Waals surface area (Å²) in [5, 5.41) is 18.0. The van der Waals surface area contributed by atoms with Crippen molar-refractivity contribution in [3.63, 3.8) is 0 Å². The first-order chi connectivity index (χ1) is 8.18. The predicted octanol–water partition coefficient (Wildman–Crippen LogP) is 2.18. The average Bonchev–Trinajstić information content (AvgIpc) is 2.33. The lowest BCUT2D eigenvalue weighted by Gasteiger charge is -2.09. The number of hydrogen-bond donors (Lipinski definition) is 1. The van der Waals surface area contributed by atoms with Gasteiger partial charge in [-0.15, -0.1) is 16.9 Å². The Labute approximate surface area is 104 Å². The fraction of sp³-hybridized carbons (Fsp3) is 0.400. The van der Waals surface area contributed by atoms with E-state index in [9.17, 15) is 4.79 Å². The van der Waals surface area contributed by atoms with Gasteiger partial charge in [-0.05, 0) is 12.1 Å². The minimum absolute atomic E-state index is 0.165. The predicted molar refractivity (Wildman–Crippen MR) is 66.1 cm³/mol. The summed E-state index contributed by atoms with van der Waals surface area (Å²) < 4.78 is 0. The van der Waals surface area contributed by atoms with Crippen molar-refractivity contribution in [1.29, 1.82) is 0 Å². The highest BCUT2D eigenvalue weighted by molar-refractivity contribution is 7.99. The van der Waals surface area contributed by atoms with Crippen LogP contribution in [0, 0.1) is 0 Å². The first kappa shape index (κ1) is 13.4. The number of rotatable bonds is 7. The van der Waals surface area contributed by atoms with Crippen molar-refractivity contribution in [2.24, 2.45) is 10.3 Å². The van der Waals surface area contributed by atoms with E-state index < -0.39 is 5.97 Å². The van der Waals surface area contributed by atoms with Gasteiger partial charge in [0.1, 0.15) is 5.69 Å². The molecule has 0 aliphatic rings. The van der Waals surface area contributed by atoms with Gasteiger partial charge in [-0.3, -0.25) is 14.8 Å². The monoisotopic (exact) mass is 254 g/mol. The molecule has 92 valence electrons. The number of nitrogens with zero attached hydrogens (tertiary/aromatic N) is 4. The Balaban J connectivity index is 2.23. The van der Waals surface area contributed by atoms with Gasteiger partial charge in [-0.2, -0.15) is 0 Å². The number of thioether (sulfide) groups is 1. The number of pyridine rings is 1. The molecule has 0 spiro atoms. The summed E-state index contributed by atoms with van der Waals surface area (Å²) in [6.07, 6.45) is 3.46. The van der Waals surface area contributed by atoms with Gasteiger partial charge < -0.3 is 5.11 Å². The second-order valence-electron chi connectivity index (χ2n) is 3.24. The first-order valence-electron chi connectivity index (χ1n) is 5.01. The molecule has 6 nitrogen and oxygen atoms in total. The molecular formula is C10H14N4O2S. The fourth-order valence-electron chi connectivity index (χ4n) is 0.923. The third-order valence-corrected chi connectivity index (χ3v) is 2.75. The number of hydrogen-bond acceptors (Lipinski definition) is 5. The molecule has 0 bridgehead atoms. The van der Waals surface area contributed by atoms with Crippen molar-refractivity contribution in [3.05, 3.63) is 24.5 Å². The van der Waals surface area contributed by atoms with E-state index in [2.05, 4.69) is 15.3 Å². The number of aliphatic carboxylic acids is 1. The minimum Gasteiger partial charge on any atom is -0.481 e. The smallest absolute Gasteiger partial charge is 0.304 e. The van der Waals surface area contributed by atoms with Crippen molar-refractivity contribution >= 4 is 23.4 Å². The molecule has 0 amide bonds. The van der Waals surface area contributed by atoms with Crippen LogP contribution in [0.1, 0.15) is 6.42 Å². The Morgan fingerprint density at radius 3 is 3.12 bits per heavy atom. The van der Waals surface area contributed by atoms with Crippen LogP contribution in [-0.4, -0.2) is 39.7 Å². The van der Waals surface area contributed by atoms with Crippen LogP contribution in [0.25, 0.3) is 0 Å². The molecule has 7 heteroatoms. The lowest BCUT2D eigenvalue weighted by atomic mass is 10.4. The third kappa shape index (κ3) is 6.52. The minimum atomic E-state index is -0.780. The van der Waals surface area contributed by atoms with Crippen LogP contribution in [0.4, 0.5) is 5.69 Å². The van der Waals surface area contributed by atoms with Gasteiger partial charge >= 0.3 is 5.97 Å². The molecule has 1 N–H and O–H groups in total. The van der Waals surface area contributed by atoms with Crippen LogP contribution in [0.5, 0.6) is 0 Å². The summed E-state index contributed by atoms with van der Waals surface area (Å²) in [4.78, 5) is 14.2. The topological polar surface area (TPSA) is 78.2 Å². The summed E-state index contributed by atoms with van der Waals surface area (Å²) in [5.41, 5.74) is 0.690. The van der Waals surface area contributed by atoms with E-state index in [0.29, 0.717) is 17.3 Å². The van der Waals surface area contributed by atoms with E-state index in [1.165, 1.54) is 11.8 Å². The lowest BCUT2D eigenvalue weighted by molar-refractivity contribution is -0.136. The van der Waals surface area contributed by atoms with E-state index in [4.69, 9.17) is 5.11 Å². The molecule has 0 atom stereocenters. The molecule has 0 unspecified atom stereocenters. The maximum absolute atomic E-state index is 10.3. The first-order valence-corrected chi connectivity index (χ1v) is 6.16. The summed E-state index contributed by atoms with van der Waals surface area (Å²) in [7, 11) is 1.79. The molecule has 0 radical (unpaired) electrons. The van der Waals surface area contributed by atoms with Gasteiger partial charge in [0.05, 0.1) is 18.5 Å². The molecule has 1 heterocycles. The Bertz CT molecular complexity index is 372. The maximum atomic E-state index is 10.3. The highest BCUT2D eigenvalue weighted by Crippen LogP contribution is 2.10. The van der Waals surface area contributed by atoms with E-state index in [1.54, 1.807) is 30.5 Å². The maximum Gasteiger partial charge on any atom is 0.304 e. The van der Waals surface area contributed by atoms with Gasteiger partial charge in [0.25, 0.3) is 0 Å². The summed E-state index contributed by atoms with van der Waals surface area (Å²) in [6, 6.07) is 3.60. The van der Waals surface area contributed by atoms with Crippen LogP contribution < -0.4 is 0 Å². The second kappa shape index (κ2) is 7.61. The quantitative estimate of drug-likeness (QED) is 0.349. The summed E-state index contributed by atoms with van der Waals surface area (Å²) in [5.74, 6) is 0.399. The highest BCUT2D eigenvalue weighted by Gasteiger charge is 1.98. The molecule has 0 saturated heterocycles. The van der Waals surface area contributed by atoms with Crippen LogP contribution in [0.3, 0.4) is 0 Å². The number of carboxylic acid groups (broad SMARTS) is 1. The van der Waals surface area contributed by atoms with Crippen LogP contribution in [0.15, 0.2) is 34.9 Å². The van der Waals surface area contributed by atoms with E-state index >= 15 is 0 Å². The third-order valence-electron chi connectivity index (χ3n) is 1.70. The van der Waals surface area contributed by atoms with Crippen molar-refractivity contribution in [3.8, 4) is 0 Å². The Morgan fingerprint density at radius 1 is 1.65 bits per heavy atom. The lowest BCUT2D eigenvalue weighted by Crippen LogP contribution is -2.09. The van der Waals surface area contributed by atoms with Crippen molar-refractivity contribution in [2.75, 3.05) is 18.7 Å². The molecule has 0 aliphatic heterocycles. The van der Waals surface area contributed by atoms with Crippen molar-refractivity contribution in [1.82, 2.24) is 9.99 Å². The van der Waals surface area contributed by atoms with Gasteiger partial charge in [0, 0.05) is 19.0 Å². The molecule has 1 rings (SSSR count). The van der Waals surface area contributed by atoms with Gasteiger partial charge in [0.2, 0.25) is 0 Å². The zero-order chi connectivity index (χ0) is 12.5. The Kier molecular flexibility index (Phi) is 6.02. The van der Waals surface area contributed by atoms with E-state index in [-0.39, 0.29) is 6.42 Å². The number of carbonyl (C=O) groups is 1.